The third-order valence-corrected chi connectivity index (χ3v) is 7.06. The number of para-hydroxylation sites is 2. The number of hydrogen-bond acceptors (Lipinski definition) is 7. The van der Waals surface area contributed by atoms with Gasteiger partial charge in [0.15, 0.2) is 0 Å². The highest BCUT2D eigenvalue weighted by atomic mass is 32.1. The Kier molecular flexibility index (Phi) is 7.34. The van der Waals surface area contributed by atoms with Gasteiger partial charge in [0.1, 0.15) is 12.3 Å². The van der Waals surface area contributed by atoms with E-state index in [-0.39, 0.29) is 18.4 Å². The van der Waals surface area contributed by atoms with Gasteiger partial charge in [0.2, 0.25) is 11.0 Å². The van der Waals surface area contributed by atoms with E-state index in [0.717, 1.165) is 40.5 Å². The number of benzene rings is 3. The molecular formula is C30H27N2O6S+. The number of pyridine rings is 1. The van der Waals surface area contributed by atoms with Crippen molar-refractivity contribution in [1.29, 1.82) is 0 Å². The Hall–Kier alpha value is -4.24. The second-order valence-corrected chi connectivity index (χ2v) is 9.87. The van der Waals surface area contributed by atoms with Crippen molar-refractivity contribution in [2.24, 2.45) is 0 Å². The Morgan fingerprint density at radius 1 is 0.872 bits per heavy atom. The summed E-state index contributed by atoms with van der Waals surface area (Å²) in [6, 6.07) is 18.5. The van der Waals surface area contributed by atoms with E-state index in [4.69, 9.17) is 9.57 Å². The zero-order chi connectivity index (χ0) is 27.7. The molecule has 5 rings (SSSR count). The first-order chi connectivity index (χ1) is 18.8. The van der Waals surface area contributed by atoms with Crippen LogP contribution in [0, 0.1) is 13.8 Å². The fraction of sp³-hybridized carbons (Fsp3) is 0.233. The quantitative estimate of drug-likeness (QED) is 0.0911. The Balaban J connectivity index is 1.51. The molecule has 198 valence electrons. The van der Waals surface area contributed by atoms with Crippen LogP contribution in [0.4, 0.5) is 0 Å². The summed E-state index contributed by atoms with van der Waals surface area (Å²) in [7, 11) is 0. The van der Waals surface area contributed by atoms with Gasteiger partial charge < -0.3 is 9.57 Å². The molecule has 1 aliphatic rings. The average molecular weight is 544 g/mol. The van der Waals surface area contributed by atoms with Gasteiger partial charge in [-0.15, -0.1) is 5.06 Å². The van der Waals surface area contributed by atoms with Crippen LogP contribution in [0.25, 0.3) is 21.8 Å². The minimum Gasteiger partial charge on any atom is -0.422 e. The lowest BCUT2D eigenvalue weighted by Crippen LogP contribution is -2.37. The van der Waals surface area contributed by atoms with E-state index >= 15 is 0 Å². The number of rotatable bonds is 7. The fourth-order valence-corrected chi connectivity index (χ4v) is 5.11. The van der Waals surface area contributed by atoms with E-state index in [0.29, 0.717) is 27.5 Å². The number of fused-ring (bicyclic) bond motifs is 2. The summed E-state index contributed by atoms with van der Waals surface area (Å²) in [6.45, 7) is 4.18. The van der Waals surface area contributed by atoms with Crippen molar-refractivity contribution >= 4 is 58.2 Å². The number of hydroxylamine groups is 2. The molecule has 0 saturated carbocycles. The summed E-state index contributed by atoms with van der Waals surface area (Å²) in [5.41, 5.74) is 3.49. The second kappa shape index (κ2) is 10.9. The number of aromatic nitrogens is 1. The van der Waals surface area contributed by atoms with Crippen molar-refractivity contribution < 1.29 is 33.3 Å². The van der Waals surface area contributed by atoms with Crippen LogP contribution < -0.4 is 9.30 Å². The highest BCUT2D eigenvalue weighted by molar-refractivity contribution is 7.80. The number of carbonyl (C=O) groups excluding carboxylic acids is 4. The molecule has 0 N–H and O–H groups in total. The van der Waals surface area contributed by atoms with Crippen LogP contribution in [-0.2, 0) is 21.0 Å². The monoisotopic (exact) mass is 543 g/mol. The average Bonchev–Trinajstić information content (AvgIpc) is 3.24. The number of carbonyl (C=O) groups is 4. The van der Waals surface area contributed by atoms with Gasteiger partial charge in [-0.2, -0.15) is 17.2 Å². The van der Waals surface area contributed by atoms with Crippen LogP contribution in [0.5, 0.6) is 5.75 Å². The van der Waals surface area contributed by atoms with Gasteiger partial charge in [-0.25, -0.2) is 9.59 Å². The molecule has 0 bridgehead atoms. The largest absolute Gasteiger partial charge is 0.422 e. The SMILES string of the molecule is Cc1cc(C(=O)ON2C(=O)CCC2=O)cc(C)c1OC(=O)c1c2ccccc2[n+](CCCS)c2ccccc12. The van der Waals surface area contributed by atoms with E-state index in [9.17, 15) is 19.2 Å². The first kappa shape index (κ1) is 26.4. The molecule has 0 unspecified atom stereocenters. The molecule has 0 radical (unpaired) electrons. The van der Waals surface area contributed by atoms with Crippen molar-refractivity contribution in [1.82, 2.24) is 5.06 Å². The van der Waals surface area contributed by atoms with E-state index in [1.54, 1.807) is 13.8 Å². The number of aryl methyl sites for hydroxylation is 3. The predicted molar refractivity (Wildman–Crippen MR) is 147 cm³/mol. The maximum Gasteiger partial charge on any atom is 0.363 e. The van der Waals surface area contributed by atoms with Gasteiger partial charge in [0.05, 0.1) is 21.9 Å². The van der Waals surface area contributed by atoms with Crippen molar-refractivity contribution in [2.45, 2.75) is 39.7 Å². The van der Waals surface area contributed by atoms with Crippen molar-refractivity contribution in [3.63, 3.8) is 0 Å². The number of amides is 2. The first-order valence-electron chi connectivity index (χ1n) is 12.7. The normalized spacial score (nSPS) is 13.4. The highest BCUT2D eigenvalue weighted by Crippen LogP contribution is 2.30. The summed E-state index contributed by atoms with van der Waals surface area (Å²) >= 11 is 4.37. The van der Waals surface area contributed by atoms with Crippen LogP contribution in [0.1, 0.15) is 51.1 Å². The summed E-state index contributed by atoms with van der Waals surface area (Å²) < 4.78 is 8.17. The van der Waals surface area contributed by atoms with E-state index in [1.807, 2.05) is 48.5 Å². The molecule has 1 aliphatic heterocycles. The number of hydrogen-bond donors (Lipinski definition) is 1. The van der Waals surface area contributed by atoms with Gasteiger partial charge in [-0.3, -0.25) is 9.59 Å². The van der Waals surface area contributed by atoms with E-state index in [1.165, 1.54) is 12.1 Å². The summed E-state index contributed by atoms with van der Waals surface area (Å²) in [6.07, 6.45) is 0.896. The topological polar surface area (TPSA) is 93.9 Å². The van der Waals surface area contributed by atoms with Gasteiger partial charge >= 0.3 is 11.9 Å². The molecule has 1 fully saturated rings. The molecule has 0 spiro atoms. The minimum absolute atomic E-state index is 0.0110. The lowest BCUT2D eigenvalue weighted by Gasteiger charge is -2.16. The Bertz CT molecular complexity index is 1570. The molecule has 1 saturated heterocycles. The van der Waals surface area contributed by atoms with Crippen molar-refractivity contribution in [3.05, 3.63) is 82.9 Å². The fourth-order valence-electron chi connectivity index (χ4n) is 4.97. The molecular weight excluding hydrogens is 516 g/mol. The maximum atomic E-state index is 13.8. The minimum atomic E-state index is -0.839. The standard InChI is InChI=1S/C30H26N2O6S/c1-18-16-20(29(35)38-32-25(33)12-13-26(32)34)17-19(2)28(18)37-30(36)27-21-8-3-5-10-23(21)31(14-7-15-39)24-11-6-4-9-22(24)27/h3-6,8-11,16-17H,7,12-15H2,1-2H3/p+1. The lowest BCUT2D eigenvalue weighted by atomic mass is 10.0. The van der Waals surface area contributed by atoms with Crippen LogP contribution in [0.2, 0.25) is 0 Å². The van der Waals surface area contributed by atoms with Crippen LogP contribution >= 0.6 is 12.6 Å². The van der Waals surface area contributed by atoms with Crippen molar-refractivity contribution in [2.75, 3.05) is 5.75 Å². The highest BCUT2D eigenvalue weighted by Gasteiger charge is 2.33. The smallest absolute Gasteiger partial charge is 0.363 e. The summed E-state index contributed by atoms with van der Waals surface area (Å²) in [5, 5.41) is 2.06. The number of nitrogens with zero attached hydrogens (tertiary/aromatic N) is 2. The molecule has 8 nitrogen and oxygen atoms in total. The number of imide groups is 1. The molecule has 2 amide bonds. The molecule has 4 aromatic rings. The molecule has 2 heterocycles. The van der Waals surface area contributed by atoms with Gasteiger partial charge in [-0.1, -0.05) is 24.3 Å². The Morgan fingerprint density at radius 2 is 1.41 bits per heavy atom. The first-order valence-corrected chi connectivity index (χ1v) is 13.3. The number of thiol groups is 1. The maximum absolute atomic E-state index is 13.8. The third kappa shape index (κ3) is 4.97. The van der Waals surface area contributed by atoms with E-state index in [2.05, 4.69) is 17.2 Å². The predicted octanol–water partition coefficient (Wildman–Crippen LogP) is 4.66. The van der Waals surface area contributed by atoms with Crippen LogP contribution in [-0.4, -0.2) is 34.6 Å². The van der Waals surface area contributed by atoms with Gasteiger partial charge in [0, 0.05) is 31.4 Å². The van der Waals surface area contributed by atoms with Gasteiger partial charge in [0.25, 0.3) is 11.8 Å². The molecule has 1 aromatic heterocycles. The Labute approximate surface area is 230 Å². The van der Waals surface area contributed by atoms with Crippen molar-refractivity contribution in [3.8, 4) is 5.75 Å². The summed E-state index contributed by atoms with van der Waals surface area (Å²) in [5.74, 6) is -1.40. The molecule has 39 heavy (non-hydrogen) atoms. The number of esters is 1. The third-order valence-electron chi connectivity index (χ3n) is 6.74. The Morgan fingerprint density at radius 3 is 1.95 bits per heavy atom. The van der Waals surface area contributed by atoms with E-state index < -0.39 is 23.8 Å². The second-order valence-electron chi connectivity index (χ2n) is 9.43. The molecule has 0 aliphatic carbocycles. The molecule has 9 heteroatoms. The lowest BCUT2D eigenvalue weighted by molar-refractivity contribution is -0.645. The summed E-state index contributed by atoms with van der Waals surface area (Å²) in [4.78, 5) is 55.1. The number of ether oxygens (including phenoxy) is 1. The van der Waals surface area contributed by atoms with Crippen LogP contribution in [0.15, 0.2) is 60.7 Å². The van der Waals surface area contributed by atoms with Gasteiger partial charge in [-0.05, 0) is 55.0 Å². The molecule has 0 atom stereocenters. The zero-order valence-electron chi connectivity index (χ0n) is 21.6. The molecule has 3 aromatic carbocycles. The zero-order valence-corrected chi connectivity index (χ0v) is 22.5. The van der Waals surface area contributed by atoms with Crippen LogP contribution in [0.3, 0.4) is 0 Å².